The summed E-state index contributed by atoms with van der Waals surface area (Å²) in [6, 6.07) is 4.75. The van der Waals surface area contributed by atoms with E-state index in [9.17, 15) is 9.18 Å². The van der Waals surface area contributed by atoms with Crippen molar-refractivity contribution in [2.45, 2.75) is 32.2 Å². The lowest BCUT2D eigenvalue weighted by Crippen LogP contribution is -2.46. The molecule has 0 unspecified atom stereocenters. The van der Waals surface area contributed by atoms with Crippen LogP contribution < -0.4 is 5.32 Å². The number of carbonyl (C=O) groups is 1. The molecule has 0 bridgehead atoms. The molecule has 2 rings (SSSR count). The van der Waals surface area contributed by atoms with Crippen LogP contribution in [0.1, 0.15) is 36.5 Å². The number of rotatable bonds is 4. The van der Waals surface area contributed by atoms with Crippen molar-refractivity contribution in [3.05, 3.63) is 34.1 Å². The molecule has 1 aromatic carbocycles. The highest BCUT2D eigenvalue weighted by Gasteiger charge is 2.25. The third-order valence-electron chi connectivity index (χ3n) is 3.64. The zero-order chi connectivity index (χ0) is 14.5. The first-order chi connectivity index (χ1) is 9.63. The van der Waals surface area contributed by atoms with Crippen LogP contribution in [0.15, 0.2) is 22.7 Å². The van der Waals surface area contributed by atoms with E-state index >= 15 is 0 Å². The number of halogens is 2. The van der Waals surface area contributed by atoms with Gasteiger partial charge in [0.15, 0.2) is 0 Å². The molecule has 1 fully saturated rings. The fourth-order valence-corrected chi connectivity index (χ4v) is 2.98. The van der Waals surface area contributed by atoms with Gasteiger partial charge < -0.3 is 10.2 Å². The molecule has 0 atom stereocenters. The standard InChI is InChI=1S/C15H20BrFN2O/c1-2-9-19(12-5-7-18-8-6-12)15(20)11-3-4-14(17)13(16)10-11/h3-4,10,12,18H,2,5-9H2,1H3. The number of hydrogen-bond acceptors (Lipinski definition) is 2. The Balaban J connectivity index is 2.18. The number of piperidine rings is 1. The van der Waals surface area contributed by atoms with Gasteiger partial charge in [-0.2, -0.15) is 0 Å². The summed E-state index contributed by atoms with van der Waals surface area (Å²) >= 11 is 3.14. The minimum Gasteiger partial charge on any atom is -0.336 e. The largest absolute Gasteiger partial charge is 0.336 e. The molecule has 0 spiro atoms. The maximum atomic E-state index is 13.3. The SMILES string of the molecule is CCCN(C(=O)c1ccc(F)c(Br)c1)C1CCNCC1. The van der Waals surface area contributed by atoms with Crippen molar-refractivity contribution < 1.29 is 9.18 Å². The summed E-state index contributed by atoms with van der Waals surface area (Å²) in [7, 11) is 0. The van der Waals surface area contributed by atoms with Crippen molar-refractivity contribution >= 4 is 21.8 Å². The zero-order valence-corrected chi connectivity index (χ0v) is 13.2. The van der Waals surface area contributed by atoms with E-state index in [0.717, 1.165) is 38.9 Å². The molecule has 0 aromatic heterocycles. The highest BCUT2D eigenvalue weighted by Crippen LogP contribution is 2.21. The smallest absolute Gasteiger partial charge is 0.254 e. The molecule has 3 nitrogen and oxygen atoms in total. The van der Waals surface area contributed by atoms with E-state index in [1.54, 1.807) is 12.1 Å². The van der Waals surface area contributed by atoms with Crippen molar-refractivity contribution in [1.29, 1.82) is 0 Å². The van der Waals surface area contributed by atoms with Crippen molar-refractivity contribution in [1.82, 2.24) is 10.2 Å². The zero-order valence-electron chi connectivity index (χ0n) is 11.7. The maximum Gasteiger partial charge on any atom is 0.254 e. The molecule has 1 N–H and O–H groups in total. The molecule has 0 saturated carbocycles. The molecule has 0 aliphatic carbocycles. The molecule has 1 aliphatic rings. The van der Waals surface area contributed by atoms with Gasteiger partial charge in [-0.05, 0) is 66.5 Å². The highest BCUT2D eigenvalue weighted by atomic mass is 79.9. The Hall–Kier alpha value is -0.940. The Kier molecular flexibility index (Phi) is 5.54. The Morgan fingerprint density at radius 3 is 2.75 bits per heavy atom. The number of carbonyl (C=O) groups excluding carboxylic acids is 1. The quantitative estimate of drug-likeness (QED) is 0.911. The van der Waals surface area contributed by atoms with Crippen LogP contribution in [0, 0.1) is 5.82 Å². The van der Waals surface area contributed by atoms with Gasteiger partial charge in [-0.1, -0.05) is 6.92 Å². The van der Waals surface area contributed by atoms with Gasteiger partial charge in [-0.15, -0.1) is 0 Å². The molecular weight excluding hydrogens is 323 g/mol. The second-order valence-electron chi connectivity index (χ2n) is 5.11. The van der Waals surface area contributed by atoms with Gasteiger partial charge in [0, 0.05) is 18.2 Å². The van der Waals surface area contributed by atoms with E-state index in [4.69, 9.17) is 0 Å². The van der Waals surface area contributed by atoms with Crippen molar-refractivity contribution in [2.24, 2.45) is 0 Å². The van der Waals surface area contributed by atoms with Crippen molar-refractivity contribution in [2.75, 3.05) is 19.6 Å². The molecule has 1 aromatic rings. The first-order valence-electron chi connectivity index (χ1n) is 7.10. The Morgan fingerprint density at radius 2 is 2.15 bits per heavy atom. The van der Waals surface area contributed by atoms with Crippen molar-refractivity contribution in [3.63, 3.8) is 0 Å². The summed E-state index contributed by atoms with van der Waals surface area (Å²) in [6.07, 6.45) is 2.89. The molecule has 5 heteroatoms. The van der Waals surface area contributed by atoms with Crippen molar-refractivity contribution in [3.8, 4) is 0 Å². The molecular formula is C15H20BrFN2O. The van der Waals surface area contributed by atoms with Crippen LogP contribution in [0.25, 0.3) is 0 Å². The molecule has 1 amide bonds. The van der Waals surface area contributed by atoms with Gasteiger partial charge in [0.25, 0.3) is 5.91 Å². The molecule has 1 saturated heterocycles. The third kappa shape index (κ3) is 3.58. The highest BCUT2D eigenvalue weighted by molar-refractivity contribution is 9.10. The predicted molar refractivity (Wildman–Crippen MR) is 81.3 cm³/mol. The van der Waals surface area contributed by atoms with E-state index in [-0.39, 0.29) is 17.8 Å². The van der Waals surface area contributed by atoms with E-state index in [2.05, 4.69) is 28.2 Å². The minimum absolute atomic E-state index is 0.000509. The first-order valence-corrected chi connectivity index (χ1v) is 7.89. The molecule has 1 heterocycles. The second-order valence-corrected chi connectivity index (χ2v) is 5.96. The summed E-state index contributed by atoms with van der Waals surface area (Å²) in [4.78, 5) is 14.6. The van der Waals surface area contributed by atoms with Gasteiger partial charge in [-0.3, -0.25) is 4.79 Å². The third-order valence-corrected chi connectivity index (χ3v) is 4.25. The molecule has 20 heavy (non-hydrogen) atoms. The normalized spacial score (nSPS) is 16.1. The van der Waals surface area contributed by atoms with Gasteiger partial charge in [0.2, 0.25) is 0 Å². The average Bonchev–Trinajstić information content (AvgIpc) is 2.48. The lowest BCUT2D eigenvalue weighted by molar-refractivity contribution is 0.0642. The predicted octanol–water partition coefficient (Wildman–Crippen LogP) is 3.19. The van der Waals surface area contributed by atoms with Crippen LogP contribution in [0.3, 0.4) is 0 Å². The van der Waals surface area contributed by atoms with E-state index < -0.39 is 0 Å². The molecule has 1 aliphatic heterocycles. The van der Waals surface area contributed by atoms with Gasteiger partial charge in [0.05, 0.1) is 4.47 Å². The minimum atomic E-state index is -0.342. The number of amides is 1. The van der Waals surface area contributed by atoms with Crippen LogP contribution >= 0.6 is 15.9 Å². The molecule has 110 valence electrons. The van der Waals surface area contributed by atoms with Crippen LogP contribution in [0.5, 0.6) is 0 Å². The monoisotopic (exact) mass is 342 g/mol. The summed E-state index contributed by atoms with van der Waals surface area (Å²) < 4.78 is 13.6. The number of nitrogens with one attached hydrogen (secondary N) is 1. The van der Waals surface area contributed by atoms with E-state index in [0.29, 0.717) is 10.0 Å². The maximum absolute atomic E-state index is 13.3. The number of hydrogen-bond donors (Lipinski definition) is 1. The van der Waals surface area contributed by atoms with Gasteiger partial charge in [-0.25, -0.2) is 4.39 Å². The average molecular weight is 343 g/mol. The van der Waals surface area contributed by atoms with Crippen LogP contribution in [0.2, 0.25) is 0 Å². The fraction of sp³-hybridized carbons (Fsp3) is 0.533. The van der Waals surface area contributed by atoms with E-state index in [1.165, 1.54) is 6.07 Å². The van der Waals surface area contributed by atoms with E-state index in [1.807, 2.05) is 4.90 Å². The summed E-state index contributed by atoms with van der Waals surface area (Å²) in [5.41, 5.74) is 0.547. The number of benzene rings is 1. The Labute approximate surface area is 127 Å². The molecule has 0 radical (unpaired) electrons. The summed E-state index contributed by atoms with van der Waals surface area (Å²) in [5.74, 6) is -0.343. The van der Waals surface area contributed by atoms with Gasteiger partial charge in [0.1, 0.15) is 5.82 Å². The fourth-order valence-electron chi connectivity index (χ4n) is 2.60. The number of nitrogens with zero attached hydrogens (tertiary/aromatic N) is 1. The van der Waals surface area contributed by atoms with Gasteiger partial charge >= 0.3 is 0 Å². The summed E-state index contributed by atoms with van der Waals surface area (Å²) in [5, 5.41) is 3.31. The van der Waals surface area contributed by atoms with Crippen LogP contribution in [-0.4, -0.2) is 36.5 Å². The topological polar surface area (TPSA) is 32.3 Å². The Bertz CT molecular complexity index is 475. The first kappa shape index (κ1) is 15.4. The lowest BCUT2D eigenvalue weighted by Gasteiger charge is -2.34. The summed E-state index contributed by atoms with van der Waals surface area (Å²) in [6.45, 7) is 4.72. The van der Waals surface area contributed by atoms with Crippen LogP contribution in [-0.2, 0) is 0 Å². The lowest BCUT2D eigenvalue weighted by atomic mass is 10.0. The Morgan fingerprint density at radius 1 is 1.45 bits per heavy atom. The van der Waals surface area contributed by atoms with Crippen LogP contribution in [0.4, 0.5) is 4.39 Å². The second kappa shape index (κ2) is 7.18.